The number of ketones is 1. The van der Waals surface area contributed by atoms with Gasteiger partial charge in [0.25, 0.3) is 0 Å². The third-order valence-electron chi connectivity index (χ3n) is 3.48. The Morgan fingerprint density at radius 1 is 1.25 bits per heavy atom. The topological polar surface area (TPSA) is 22.0 Å². The summed E-state index contributed by atoms with van der Waals surface area (Å²) in [5.41, 5.74) is 3.43. The quantitative estimate of drug-likeness (QED) is 0.667. The van der Waals surface area contributed by atoms with Crippen molar-refractivity contribution in [3.63, 3.8) is 0 Å². The Morgan fingerprint density at radius 2 is 2.06 bits per heavy atom. The number of rotatable bonds is 1. The van der Waals surface area contributed by atoms with Crippen LogP contribution in [-0.2, 0) is 13.0 Å². The number of nitrogens with zero attached hydrogens (tertiary/aromatic N) is 1. The Morgan fingerprint density at radius 3 is 2.88 bits per heavy atom. The molecule has 0 spiro atoms. The molecular weight excluding hydrogens is 198 g/mol. The fourth-order valence-corrected chi connectivity index (χ4v) is 2.83. The van der Waals surface area contributed by atoms with Gasteiger partial charge in [0.1, 0.15) is 0 Å². The van der Waals surface area contributed by atoms with E-state index in [2.05, 4.69) is 16.7 Å². The molecule has 0 aliphatic carbocycles. The minimum absolute atomic E-state index is 0.201. The van der Waals surface area contributed by atoms with Crippen LogP contribution in [0.15, 0.2) is 24.3 Å². The molecule has 2 heterocycles. The van der Waals surface area contributed by atoms with Crippen LogP contribution in [0.25, 0.3) is 10.9 Å². The molecule has 16 heavy (non-hydrogen) atoms. The summed E-state index contributed by atoms with van der Waals surface area (Å²) < 4.78 is 2.33. The summed E-state index contributed by atoms with van der Waals surface area (Å²) in [7, 11) is 0. The van der Waals surface area contributed by atoms with E-state index in [-0.39, 0.29) is 5.78 Å². The smallest absolute Gasteiger partial charge is 0.162 e. The summed E-state index contributed by atoms with van der Waals surface area (Å²) in [6.07, 6.45) is 3.48. The van der Waals surface area contributed by atoms with E-state index in [4.69, 9.17) is 0 Å². The lowest BCUT2D eigenvalue weighted by Gasteiger charge is -2.16. The van der Waals surface area contributed by atoms with Gasteiger partial charge < -0.3 is 4.57 Å². The zero-order valence-electron chi connectivity index (χ0n) is 9.49. The number of hydrogen-bond donors (Lipinski definition) is 0. The van der Waals surface area contributed by atoms with E-state index in [1.165, 1.54) is 24.1 Å². The number of benzene rings is 1. The van der Waals surface area contributed by atoms with E-state index in [0.29, 0.717) is 0 Å². The van der Waals surface area contributed by atoms with Gasteiger partial charge in [0.15, 0.2) is 5.78 Å². The van der Waals surface area contributed by atoms with Gasteiger partial charge in [0, 0.05) is 28.7 Å². The summed E-state index contributed by atoms with van der Waals surface area (Å²) in [5, 5.41) is 1.13. The molecule has 1 aliphatic heterocycles. The Bertz CT molecular complexity index is 565. The summed E-state index contributed by atoms with van der Waals surface area (Å²) >= 11 is 0. The lowest BCUT2D eigenvalue weighted by molar-refractivity contribution is 0.101. The highest BCUT2D eigenvalue weighted by Gasteiger charge is 2.21. The average Bonchev–Trinajstić information content (AvgIpc) is 2.63. The molecular formula is C14H15NO. The van der Waals surface area contributed by atoms with E-state index in [0.717, 1.165) is 23.9 Å². The predicted molar refractivity (Wildman–Crippen MR) is 64.9 cm³/mol. The van der Waals surface area contributed by atoms with Crippen LogP contribution >= 0.6 is 0 Å². The second-order valence-corrected chi connectivity index (χ2v) is 4.50. The molecule has 0 saturated heterocycles. The van der Waals surface area contributed by atoms with Gasteiger partial charge in [0.2, 0.25) is 0 Å². The van der Waals surface area contributed by atoms with Gasteiger partial charge >= 0.3 is 0 Å². The molecule has 0 amide bonds. The molecule has 1 aromatic carbocycles. The van der Waals surface area contributed by atoms with Crippen LogP contribution in [0.2, 0.25) is 0 Å². The summed E-state index contributed by atoms with van der Waals surface area (Å²) in [6.45, 7) is 2.74. The zero-order chi connectivity index (χ0) is 11.1. The maximum absolute atomic E-state index is 11.8. The van der Waals surface area contributed by atoms with Crippen LogP contribution in [0.4, 0.5) is 0 Å². The molecule has 3 rings (SSSR count). The largest absolute Gasteiger partial charge is 0.344 e. The van der Waals surface area contributed by atoms with Gasteiger partial charge in [-0.15, -0.1) is 0 Å². The standard InChI is InChI=1S/C14H15NO/c1-10(16)14-11-6-2-3-7-12(11)15-9-5-4-8-13(14)15/h2-3,6-7H,4-5,8-9H2,1H3. The molecule has 2 heteroatoms. The number of hydrogen-bond acceptors (Lipinski definition) is 1. The van der Waals surface area contributed by atoms with Crippen molar-refractivity contribution in [2.75, 3.05) is 0 Å². The highest BCUT2D eigenvalue weighted by atomic mass is 16.1. The van der Waals surface area contributed by atoms with E-state index in [1.54, 1.807) is 6.92 Å². The third-order valence-corrected chi connectivity index (χ3v) is 3.48. The van der Waals surface area contributed by atoms with Crippen molar-refractivity contribution in [2.24, 2.45) is 0 Å². The van der Waals surface area contributed by atoms with Gasteiger partial charge in [-0.3, -0.25) is 4.79 Å². The number of carbonyl (C=O) groups is 1. The monoisotopic (exact) mass is 213 g/mol. The van der Waals surface area contributed by atoms with Crippen LogP contribution in [0.5, 0.6) is 0 Å². The van der Waals surface area contributed by atoms with Crippen molar-refractivity contribution < 1.29 is 4.79 Å². The molecule has 2 aromatic rings. The molecule has 2 nitrogen and oxygen atoms in total. The molecule has 1 aliphatic rings. The highest BCUT2D eigenvalue weighted by molar-refractivity contribution is 6.08. The molecule has 0 N–H and O–H groups in total. The van der Waals surface area contributed by atoms with Crippen LogP contribution in [0.1, 0.15) is 35.8 Å². The van der Waals surface area contributed by atoms with E-state index >= 15 is 0 Å². The number of para-hydroxylation sites is 1. The molecule has 1 aromatic heterocycles. The fourth-order valence-electron chi connectivity index (χ4n) is 2.83. The number of aryl methyl sites for hydroxylation is 1. The first-order valence-electron chi connectivity index (χ1n) is 5.90. The van der Waals surface area contributed by atoms with Gasteiger partial charge in [-0.25, -0.2) is 0 Å². The Kier molecular flexibility index (Phi) is 2.10. The van der Waals surface area contributed by atoms with Crippen molar-refractivity contribution in [2.45, 2.75) is 32.7 Å². The molecule has 82 valence electrons. The van der Waals surface area contributed by atoms with E-state index in [1.807, 2.05) is 12.1 Å². The summed E-state index contributed by atoms with van der Waals surface area (Å²) in [4.78, 5) is 11.8. The van der Waals surface area contributed by atoms with Crippen molar-refractivity contribution in [3.05, 3.63) is 35.5 Å². The first-order valence-corrected chi connectivity index (χ1v) is 5.90. The molecule has 0 saturated carbocycles. The number of fused-ring (bicyclic) bond motifs is 3. The molecule has 0 radical (unpaired) electrons. The lowest BCUT2D eigenvalue weighted by Crippen LogP contribution is -2.11. The summed E-state index contributed by atoms with van der Waals surface area (Å²) in [6, 6.07) is 8.25. The normalized spacial score (nSPS) is 15.1. The lowest BCUT2D eigenvalue weighted by atomic mass is 10.0. The minimum Gasteiger partial charge on any atom is -0.344 e. The Balaban J connectivity index is 2.41. The second kappa shape index (κ2) is 3.48. The van der Waals surface area contributed by atoms with Crippen molar-refractivity contribution >= 4 is 16.7 Å². The fraction of sp³-hybridized carbons (Fsp3) is 0.357. The zero-order valence-corrected chi connectivity index (χ0v) is 9.49. The number of Topliss-reactive ketones (excluding diaryl/α,β-unsaturated/α-hetero) is 1. The van der Waals surface area contributed by atoms with E-state index < -0.39 is 0 Å². The first kappa shape index (κ1) is 9.64. The maximum Gasteiger partial charge on any atom is 0.162 e. The number of carbonyl (C=O) groups excluding carboxylic acids is 1. The van der Waals surface area contributed by atoms with Gasteiger partial charge in [-0.1, -0.05) is 18.2 Å². The molecule has 0 unspecified atom stereocenters. The van der Waals surface area contributed by atoms with Crippen LogP contribution in [-0.4, -0.2) is 10.4 Å². The maximum atomic E-state index is 11.8. The SMILES string of the molecule is CC(=O)c1c2n(c3ccccc13)CCCC2. The minimum atomic E-state index is 0.201. The average molecular weight is 213 g/mol. The molecule has 0 fully saturated rings. The Labute approximate surface area is 94.9 Å². The highest BCUT2D eigenvalue weighted by Crippen LogP contribution is 2.30. The Hall–Kier alpha value is -1.57. The van der Waals surface area contributed by atoms with Crippen molar-refractivity contribution in [3.8, 4) is 0 Å². The molecule has 0 bridgehead atoms. The van der Waals surface area contributed by atoms with Crippen molar-refractivity contribution in [1.82, 2.24) is 4.57 Å². The van der Waals surface area contributed by atoms with Gasteiger partial charge in [-0.2, -0.15) is 0 Å². The van der Waals surface area contributed by atoms with Gasteiger partial charge in [0.05, 0.1) is 0 Å². The van der Waals surface area contributed by atoms with Crippen LogP contribution in [0.3, 0.4) is 0 Å². The first-order chi connectivity index (χ1) is 7.79. The van der Waals surface area contributed by atoms with Crippen LogP contribution in [0, 0.1) is 0 Å². The third kappa shape index (κ3) is 1.22. The van der Waals surface area contributed by atoms with Crippen molar-refractivity contribution in [1.29, 1.82) is 0 Å². The second-order valence-electron chi connectivity index (χ2n) is 4.50. The summed E-state index contributed by atoms with van der Waals surface area (Å²) in [5.74, 6) is 0.201. The van der Waals surface area contributed by atoms with E-state index in [9.17, 15) is 4.79 Å². The number of aromatic nitrogens is 1. The van der Waals surface area contributed by atoms with Crippen LogP contribution < -0.4 is 0 Å². The molecule has 0 atom stereocenters. The predicted octanol–water partition coefficient (Wildman–Crippen LogP) is 3.18. The van der Waals surface area contributed by atoms with Gasteiger partial charge in [-0.05, 0) is 32.3 Å².